The fourth-order valence-electron chi connectivity index (χ4n) is 8.80. The molecule has 7 heteroatoms. The fraction of sp³-hybridized carbons (Fsp3) is 0.948. The molecule has 0 saturated heterocycles. The summed E-state index contributed by atoms with van der Waals surface area (Å²) in [4.78, 5) is 38.1. The lowest BCUT2D eigenvalue weighted by atomic mass is 10.0. The molecule has 0 rings (SSSR count). The number of carbonyl (C=O) groups is 3. The van der Waals surface area contributed by atoms with Crippen molar-refractivity contribution in [1.82, 2.24) is 0 Å². The van der Waals surface area contributed by atoms with E-state index in [-0.39, 0.29) is 31.1 Å². The summed E-state index contributed by atoms with van der Waals surface area (Å²) in [6.07, 6.45) is 58.0. The number of unbranched alkanes of at least 4 members (excludes halogenated alkanes) is 42. The molecule has 0 fully saturated rings. The molecular weight excluding hydrogens is 807 g/mol. The molecule has 0 aromatic rings. The van der Waals surface area contributed by atoms with Crippen LogP contribution in [0.3, 0.4) is 0 Å². The molecule has 0 amide bonds. The van der Waals surface area contributed by atoms with E-state index in [1.54, 1.807) is 0 Å². The lowest BCUT2D eigenvalue weighted by molar-refractivity contribution is -0.167. The van der Waals surface area contributed by atoms with Gasteiger partial charge in [0.15, 0.2) is 6.10 Å². The van der Waals surface area contributed by atoms with E-state index < -0.39 is 6.10 Å². The summed E-state index contributed by atoms with van der Waals surface area (Å²) >= 11 is 0. The van der Waals surface area contributed by atoms with Crippen LogP contribution >= 0.6 is 0 Å². The van der Waals surface area contributed by atoms with Crippen molar-refractivity contribution < 1.29 is 28.6 Å². The molecule has 0 aromatic carbocycles. The summed E-state index contributed by atoms with van der Waals surface area (Å²) < 4.78 is 16.9. The molecule has 65 heavy (non-hydrogen) atoms. The van der Waals surface area contributed by atoms with E-state index in [1.165, 1.54) is 238 Å². The van der Waals surface area contributed by atoms with Gasteiger partial charge in [0, 0.05) is 19.3 Å². The molecule has 388 valence electrons. The van der Waals surface area contributed by atoms with Gasteiger partial charge in [0.2, 0.25) is 0 Å². The number of hydrogen-bond donors (Lipinski definition) is 1. The normalized spacial score (nSPS) is 11.2. The topological polar surface area (TPSA) is 105 Å². The molecule has 0 atom stereocenters. The first kappa shape index (κ1) is 65.5. The highest BCUT2D eigenvalue weighted by Crippen LogP contribution is 2.17. The number of carbonyl (C=O) groups excluding carboxylic acids is 3. The van der Waals surface area contributed by atoms with Crippen LogP contribution in [0.5, 0.6) is 0 Å². The predicted molar refractivity (Wildman–Crippen MR) is 281 cm³/mol. The molecule has 0 saturated carbocycles. The van der Waals surface area contributed by atoms with Gasteiger partial charge in [-0.1, -0.05) is 290 Å². The molecule has 0 aliphatic rings. The van der Waals surface area contributed by atoms with E-state index in [9.17, 15) is 14.4 Å². The van der Waals surface area contributed by atoms with Gasteiger partial charge in [0.05, 0.1) is 0 Å². The average Bonchev–Trinajstić information content (AvgIpc) is 3.31. The van der Waals surface area contributed by atoms with Gasteiger partial charge in [0.1, 0.15) is 13.2 Å². The quantitative estimate of drug-likeness (QED) is 0.0368. The minimum atomic E-state index is -0.760. The Morgan fingerprint density at radius 2 is 0.446 bits per heavy atom. The summed E-state index contributed by atoms with van der Waals surface area (Å²) in [7, 11) is 1.50. The zero-order chi connectivity index (χ0) is 47.8. The standard InChI is InChI=1S/C57H110O6.CH5N/c1-4-7-10-13-16-19-22-25-28-31-34-37-40-43-46-49-55(58)61-52-54(63-57(60)51-48-45-42-39-36-33-30-27-24-21-18-15-12-9-6-3)53-62-56(59)50-47-44-41-38-35-32-29-26-23-20-17-14-11-8-5-2;1-2/h54H,4-53H2,1-3H3;2H2,1H3. The Balaban J connectivity index is 0. The number of esters is 3. The molecular formula is C58H115NO6. The van der Waals surface area contributed by atoms with Gasteiger partial charge in [-0.05, 0) is 26.3 Å². The zero-order valence-electron chi connectivity index (χ0n) is 44.5. The second-order valence-corrected chi connectivity index (χ2v) is 19.6. The summed E-state index contributed by atoms with van der Waals surface area (Å²) in [5.41, 5.74) is 4.50. The highest BCUT2D eigenvalue weighted by atomic mass is 16.6. The monoisotopic (exact) mass is 922 g/mol. The zero-order valence-corrected chi connectivity index (χ0v) is 44.5. The molecule has 0 aromatic heterocycles. The van der Waals surface area contributed by atoms with Crippen molar-refractivity contribution in [3.8, 4) is 0 Å². The summed E-state index contributed by atoms with van der Waals surface area (Å²) in [6.45, 7) is 6.71. The Morgan fingerprint density at radius 1 is 0.277 bits per heavy atom. The minimum absolute atomic E-state index is 0.0611. The van der Waals surface area contributed by atoms with Crippen LogP contribution in [0, 0.1) is 0 Å². The van der Waals surface area contributed by atoms with Crippen molar-refractivity contribution in [2.45, 2.75) is 335 Å². The highest BCUT2D eigenvalue weighted by Gasteiger charge is 2.19. The Hall–Kier alpha value is -1.63. The Labute approximate surface area is 406 Å². The van der Waals surface area contributed by atoms with E-state index >= 15 is 0 Å². The largest absolute Gasteiger partial charge is 0.462 e. The van der Waals surface area contributed by atoms with E-state index in [0.717, 1.165) is 57.8 Å². The van der Waals surface area contributed by atoms with Crippen LogP contribution in [-0.2, 0) is 28.6 Å². The van der Waals surface area contributed by atoms with E-state index in [2.05, 4.69) is 26.5 Å². The maximum absolute atomic E-state index is 12.8. The van der Waals surface area contributed by atoms with Crippen molar-refractivity contribution in [3.63, 3.8) is 0 Å². The molecule has 0 bridgehead atoms. The van der Waals surface area contributed by atoms with Gasteiger partial charge in [0.25, 0.3) is 0 Å². The van der Waals surface area contributed by atoms with Crippen molar-refractivity contribution in [3.05, 3.63) is 0 Å². The van der Waals surface area contributed by atoms with E-state index in [4.69, 9.17) is 14.2 Å². The first-order chi connectivity index (χ1) is 32.0. The maximum atomic E-state index is 12.8. The Morgan fingerprint density at radius 3 is 0.646 bits per heavy atom. The third kappa shape index (κ3) is 56.6. The molecule has 2 N–H and O–H groups in total. The molecule has 0 heterocycles. The lowest BCUT2D eigenvalue weighted by Gasteiger charge is -2.18. The van der Waals surface area contributed by atoms with Gasteiger partial charge in [-0.3, -0.25) is 14.4 Å². The van der Waals surface area contributed by atoms with Gasteiger partial charge in [-0.25, -0.2) is 0 Å². The first-order valence-corrected chi connectivity index (χ1v) is 29.1. The summed E-state index contributed by atoms with van der Waals surface area (Å²) in [6, 6.07) is 0. The summed E-state index contributed by atoms with van der Waals surface area (Å²) in [5.74, 6) is -0.832. The average molecular weight is 923 g/mol. The van der Waals surface area contributed by atoms with Crippen LogP contribution < -0.4 is 5.73 Å². The van der Waals surface area contributed by atoms with Crippen LogP contribution in [0.1, 0.15) is 329 Å². The van der Waals surface area contributed by atoms with E-state index in [1.807, 2.05) is 0 Å². The molecule has 7 nitrogen and oxygen atoms in total. The molecule has 0 unspecified atom stereocenters. The smallest absolute Gasteiger partial charge is 0.306 e. The SMILES string of the molecule is CCCCCCCCCCCCCCCCCC(=O)OCC(COC(=O)CCCCCCCCCCCCCCCCC)OC(=O)CCCCCCCCCCCCCCCCC.CN. The third-order valence-electron chi connectivity index (χ3n) is 13.1. The van der Waals surface area contributed by atoms with Gasteiger partial charge < -0.3 is 19.9 Å². The lowest BCUT2D eigenvalue weighted by Crippen LogP contribution is -2.30. The fourth-order valence-corrected chi connectivity index (χ4v) is 8.80. The third-order valence-corrected chi connectivity index (χ3v) is 13.1. The van der Waals surface area contributed by atoms with Gasteiger partial charge >= 0.3 is 17.9 Å². The number of rotatable bonds is 53. The van der Waals surface area contributed by atoms with Crippen molar-refractivity contribution in [2.24, 2.45) is 5.73 Å². The Kier molecular flexibility index (Phi) is 58.9. The van der Waals surface area contributed by atoms with Crippen LogP contribution in [0.15, 0.2) is 0 Å². The van der Waals surface area contributed by atoms with Crippen LogP contribution in [0.4, 0.5) is 0 Å². The molecule has 0 aliphatic carbocycles. The summed E-state index contributed by atoms with van der Waals surface area (Å²) in [5, 5.41) is 0. The first-order valence-electron chi connectivity index (χ1n) is 29.1. The highest BCUT2D eigenvalue weighted by molar-refractivity contribution is 5.71. The van der Waals surface area contributed by atoms with Crippen molar-refractivity contribution in [1.29, 1.82) is 0 Å². The molecule has 0 radical (unpaired) electrons. The van der Waals surface area contributed by atoms with Gasteiger partial charge in [-0.2, -0.15) is 0 Å². The van der Waals surface area contributed by atoms with Crippen LogP contribution in [-0.4, -0.2) is 44.3 Å². The van der Waals surface area contributed by atoms with Crippen molar-refractivity contribution >= 4 is 17.9 Å². The van der Waals surface area contributed by atoms with Crippen LogP contribution in [0.25, 0.3) is 0 Å². The van der Waals surface area contributed by atoms with Gasteiger partial charge in [-0.15, -0.1) is 0 Å². The Bertz CT molecular complexity index is 893. The predicted octanol–water partition coefficient (Wildman–Crippen LogP) is 18.3. The minimum Gasteiger partial charge on any atom is -0.462 e. The molecule has 0 spiro atoms. The van der Waals surface area contributed by atoms with E-state index in [0.29, 0.717) is 19.3 Å². The van der Waals surface area contributed by atoms with Crippen molar-refractivity contribution in [2.75, 3.05) is 20.3 Å². The van der Waals surface area contributed by atoms with Crippen LogP contribution in [0.2, 0.25) is 0 Å². The second kappa shape index (κ2) is 58.5. The number of ether oxygens (including phenoxy) is 3. The second-order valence-electron chi connectivity index (χ2n) is 19.6. The molecule has 0 aliphatic heterocycles. The maximum Gasteiger partial charge on any atom is 0.306 e. The number of hydrogen-bond acceptors (Lipinski definition) is 7. The number of nitrogens with two attached hydrogens (primary N) is 1.